The van der Waals surface area contributed by atoms with Gasteiger partial charge < -0.3 is 15.2 Å². The van der Waals surface area contributed by atoms with Crippen molar-refractivity contribution in [3.63, 3.8) is 0 Å². The van der Waals surface area contributed by atoms with E-state index in [1.165, 1.54) is 0 Å². The average molecular weight is 249 g/mol. The number of carbonyl (C=O) groups is 1. The summed E-state index contributed by atoms with van der Waals surface area (Å²) >= 11 is 0. The zero-order chi connectivity index (χ0) is 13.0. The van der Waals surface area contributed by atoms with Crippen molar-refractivity contribution in [2.24, 2.45) is 0 Å². The molecule has 0 aliphatic heterocycles. The van der Waals surface area contributed by atoms with Crippen LogP contribution in [0, 0.1) is 0 Å². The Bertz CT molecular complexity index is 402. The zero-order valence-corrected chi connectivity index (χ0v) is 10.6. The van der Waals surface area contributed by atoms with Gasteiger partial charge in [0.1, 0.15) is 5.75 Å². The molecule has 1 aromatic carbocycles. The number of aliphatic hydroxyl groups excluding tert-OH is 1. The molecule has 1 fully saturated rings. The second kappa shape index (κ2) is 5.87. The number of carbonyl (C=O) groups excluding carboxylic acids is 1. The predicted molar refractivity (Wildman–Crippen MR) is 68.7 cm³/mol. The summed E-state index contributed by atoms with van der Waals surface area (Å²) in [5, 5.41) is 12.5. The van der Waals surface area contributed by atoms with E-state index in [2.05, 4.69) is 5.32 Å². The van der Waals surface area contributed by atoms with Crippen molar-refractivity contribution in [1.29, 1.82) is 0 Å². The Morgan fingerprint density at radius 3 is 2.67 bits per heavy atom. The second-order valence-electron chi connectivity index (χ2n) is 4.72. The highest BCUT2D eigenvalue weighted by Gasteiger charge is 2.21. The molecule has 0 aromatic heterocycles. The fourth-order valence-electron chi connectivity index (χ4n) is 2.31. The van der Waals surface area contributed by atoms with Gasteiger partial charge >= 0.3 is 0 Å². The van der Waals surface area contributed by atoms with Gasteiger partial charge in [0.15, 0.2) is 0 Å². The van der Waals surface area contributed by atoms with Gasteiger partial charge in [0.25, 0.3) is 5.91 Å². The van der Waals surface area contributed by atoms with Crippen molar-refractivity contribution >= 4 is 5.91 Å². The first kappa shape index (κ1) is 12.9. The number of benzene rings is 1. The molecule has 98 valence electrons. The summed E-state index contributed by atoms with van der Waals surface area (Å²) in [6, 6.07) is 7.11. The van der Waals surface area contributed by atoms with E-state index in [0.29, 0.717) is 12.0 Å². The molecule has 2 unspecified atom stereocenters. The van der Waals surface area contributed by atoms with Crippen molar-refractivity contribution in [1.82, 2.24) is 5.32 Å². The Kier molecular flexibility index (Phi) is 4.20. The maximum absolute atomic E-state index is 12.0. The van der Waals surface area contributed by atoms with Gasteiger partial charge in [0.05, 0.1) is 13.2 Å². The summed E-state index contributed by atoms with van der Waals surface area (Å²) in [4.78, 5) is 12.0. The Balaban J connectivity index is 1.94. The quantitative estimate of drug-likeness (QED) is 0.857. The molecule has 1 saturated carbocycles. The monoisotopic (exact) mass is 249 g/mol. The van der Waals surface area contributed by atoms with Gasteiger partial charge in [-0.1, -0.05) is 0 Å². The summed E-state index contributed by atoms with van der Waals surface area (Å²) in [6.07, 6.45) is 3.13. The van der Waals surface area contributed by atoms with E-state index in [9.17, 15) is 9.90 Å². The molecule has 1 aromatic rings. The third-order valence-electron chi connectivity index (χ3n) is 3.33. The molecule has 4 nitrogen and oxygen atoms in total. The number of nitrogens with one attached hydrogen (secondary N) is 1. The summed E-state index contributed by atoms with van der Waals surface area (Å²) in [5.74, 6) is 0.649. The van der Waals surface area contributed by atoms with E-state index in [-0.39, 0.29) is 18.1 Å². The van der Waals surface area contributed by atoms with E-state index in [1.54, 1.807) is 31.4 Å². The van der Waals surface area contributed by atoms with Crippen LogP contribution in [0.15, 0.2) is 24.3 Å². The summed E-state index contributed by atoms with van der Waals surface area (Å²) in [7, 11) is 1.60. The fraction of sp³-hybridized carbons (Fsp3) is 0.500. The van der Waals surface area contributed by atoms with Crippen LogP contribution in [0.4, 0.5) is 0 Å². The summed E-state index contributed by atoms with van der Waals surface area (Å²) < 4.78 is 5.05. The minimum Gasteiger partial charge on any atom is -0.497 e. The number of hydrogen-bond donors (Lipinski definition) is 2. The molecule has 0 spiro atoms. The number of rotatable bonds is 3. The van der Waals surface area contributed by atoms with Crippen LogP contribution in [0.25, 0.3) is 0 Å². The zero-order valence-electron chi connectivity index (χ0n) is 10.6. The van der Waals surface area contributed by atoms with Crippen LogP contribution in [0.3, 0.4) is 0 Å². The van der Waals surface area contributed by atoms with Crippen LogP contribution in [0.5, 0.6) is 5.75 Å². The van der Waals surface area contributed by atoms with Gasteiger partial charge in [-0.2, -0.15) is 0 Å². The first-order chi connectivity index (χ1) is 8.69. The molecule has 0 heterocycles. The molecule has 2 atom stereocenters. The molecular formula is C14H19NO3. The van der Waals surface area contributed by atoms with E-state index in [1.807, 2.05) is 0 Å². The summed E-state index contributed by atoms with van der Waals surface area (Å²) in [6.45, 7) is 0. The Labute approximate surface area is 107 Å². The van der Waals surface area contributed by atoms with Crippen LogP contribution in [-0.2, 0) is 0 Å². The van der Waals surface area contributed by atoms with Gasteiger partial charge in [-0.3, -0.25) is 4.79 Å². The lowest BCUT2D eigenvalue weighted by atomic mass is 9.93. The summed E-state index contributed by atoms with van der Waals surface area (Å²) in [5.41, 5.74) is 0.621. The molecule has 0 radical (unpaired) electrons. The molecule has 1 aliphatic rings. The van der Waals surface area contributed by atoms with Crippen LogP contribution >= 0.6 is 0 Å². The Morgan fingerprint density at radius 1 is 1.33 bits per heavy atom. The van der Waals surface area contributed by atoms with Gasteiger partial charge in [0.2, 0.25) is 0 Å². The molecule has 2 N–H and O–H groups in total. The van der Waals surface area contributed by atoms with Crippen LogP contribution in [0.2, 0.25) is 0 Å². The SMILES string of the molecule is COc1ccc(C(=O)NC2CCCC(O)C2)cc1. The second-order valence-corrected chi connectivity index (χ2v) is 4.72. The minimum atomic E-state index is -0.278. The van der Waals surface area contributed by atoms with E-state index in [4.69, 9.17) is 4.74 Å². The molecule has 2 rings (SSSR count). The highest BCUT2D eigenvalue weighted by Crippen LogP contribution is 2.19. The van der Waals surface area contributed by atoms with Gasteiger partial charge in [-0.25, -0.2) is 0 Å². The van der Waals surface area contributed by atoms with E-state index < -0.39 is 0 Å². The number of ether oxygens (including phenoxy) is 1. The number of amides is 1. The van der Waals surface area contributed by atoms with Crippen molar-refractivity contribution < 1.29 is 14.6 Å². The smallest absolute Gasteiger partial charge is 0.251 e. The molecule has 18 heavy (non-hydrogen) atoms. The number of hydrogen-bond acceptors (Lipinski definition) is 3. The van der Waals surface area contributed by atoms with E-state index >= 15 is 0 Å². The van der Waals surface area contributed by atoms with Crippen molar-refractivity contribution in [2.45, 2.75) is 37.8 Å². The Hall–Kier alpha value is -1.55. The van der Waals surface area contributed by atoms with Gasteiger partial charge in [0, 0.05) is 11.6 Å². The lowest BCUT2D eigenvalue weighted by Gasteiger charge is -2.26. The van der Waals surface area contributed by atoms with E-state index in [0.717, 1.165) is 25.0 Å². The molecule has 0 saturated heterocycles. The topological polar surface area (TPSA) is 58.6 Å². The maximum Gasteiger partial charge on any atom is 0.251 e. The highest BCUT2D eigenvalue weighted by molar-refractivity contribution is 5.94. The maximum atomic E-state index is 12.0. The molecule has 1 aliphatic carbocycles. The lowest BCUT2D eigenvalue weighted by molar-refractivity contribution is 0.0850. The standard InChI is InChI=1S/C14H19NO3/c1-18-13-7-5-10(6-8-13)14(17)15-11-3-2-4-12(16)9-11/h5-8,11-12,16H,2-4,9H2,1H3,(H,15,17). The van der Waals surface area contributed by atoms with Crippen LogP contribution < -0.4 is 10.1 Å². The van der Waals surface area contributed by atoms with Crippen molar-refractivity contribution in [3.05, 3.63) is 29.8 Å². The fourth-order valence-corrected chi connectivity index (χ4v) is 2.31. The van der Waals surface area contributed by atoms with Crippen molar-refractivity contribution in [3.8, 4) is 5.75 Å². The number of aliphatic hydroxyl groups is 1. The Morgan fingerprint density at radius 2 is 2.06 bits per heavy atom. The molecule has 0 bridgehead atoms. The van der Waals surface area contributed by atoms with Crippen LogP contribution in [-0.4, -0.2) is 30.3 Å². The average Bonchev–Trinajstić information content (AvgIpc) is 2.39. The normalized spacial score (nSPS) is 23.4. The lowest BCUT2D eigenvalue weighted by Crippen LogP contribution is -2.39. The molecule has 4 heteroatoms. The highest BCUT2D eigenvalue weighted by atomic mass is 16.5. The van der Waals surface area contributed by atoms with Gasteiger partial charge in [-0.05, 0) is 49.9 Å². The third kappa shape index (κ3) is 3.23. The largest absolute Gasteiger partial charge is 0.497 e. The molecular weight excluding hydrogens is 230 g/mol. The minimum absolute atomic E-state index is 0.0863. The first-order valence-corrected chi connectivity index (χ1v) is 6.32. The van der Waals surface area contributed by atoms with Crippen molar-refractivity contribution in [2.75, 3.05) is 7.11 Å². The van der Waals surface area contributed by atoms with Crippen LogP contribution in [0.1, 0.15) is 36.0 Å². The predicted octanol–water partition coefficient (Wildman–Crippen LogP) is 1.73. The third-order valence-corrected chi connectivity index (χ3v) is 3.33. The number of methoxy groups -OCH3 is 1. The van der Waals surface area contributed by atoms with Gasteiger partial charge in [-0.15, -0.1) is 0 Å². The molecule has 1 amide bonds. The first-order valence-electron chi connectivity index (χ1n) is 6.32.